The van der Waals surface area contributed by atoms with Crippen LogP contribution in [0, 0.1) is 6.92 Å². The van der Waals surface area contributed by atoms with E-state index in [2.05, 4.69) is 9.97 Å². The lowest BCUT2D eigenvalue weighted by molar-refractivity contribution is 0.846. The summed E-state index contributed by atoms with van der Waals surface area (Å²) >= 11 is 5.98. The van der Waals surface area contributed by atoms with Crippen molar-refractivity contribution < 1.29 is 0 Å². The van der Waals surface area contributed by atoms with Crippen molar-refractivity contribution in [2.75, 3.05) is 11.9 Å². The molecule has 0 unspecified atom stereocenters. The number of hydrogen-bond donors (Lipinski definition) is 1. The summed E-state index contributed by atoms with van der Waals surface area (Å²) in [5, 5.41) is 0.737. The zero-order valence-corrected chi connectivity index (χ0v) is 11.9. The first-order valence-electron chi connectivity index (χ1n) is 6.08. The van der Waals surface area contributed by atoms with Crippen LogP contribution in [-0.4, -0.2) is 17.0 Å². The van der Waals surface area contributed by atoms with Crippen LogP contribution in [-0.2, 0) is 13.1 Å². The van der Waals surface area contributed by atoms with Crippen LogP contribution in [0.2, 0.25) is 5.02 Å². The van der Waals surface area contributed by atoms with Gasteiger partial charge in [0.15, 0.2) is 0 Å². The molecule has 0 aliphatic rings. The van der Waals surface area contributed by atoms with Crippen LogP contribution in [0.5, 0.6) is 0 Å². The molecule has 2 rings (SSSR count). The molecule has 0 amide bonds. The van der Waals surface area contributed by atoms with E-state index in [0.29, 0.717) is 19.0 Å². The number of aromatic nitrogens is 2. The molecular weight excluding hydrogens is 260 g/mol. The van der Waals surface area contributed by atoms with Gasteiger partial charge in [0.1, 0.15) is 0 Å². The second-order valence-corrected chi connectivity index (χ2v) is 4.91. The van der Waals surface area contributed by atoms with E-state index < -0.39 is 0 Å². The molecule has 5 heteroatoms. The molecule has 1 aromatic carbocycles. The van der Waals surface area contributed by atoms with Gasteiger partial charge in [0.25, 0.3) is 0 Å². The van der Waals surface area contributed by atoms with Gasteiger partial charge in [-0.15, -0.1) is 0 Å². The van der Waals surface area contributed by atoms with Gasteiger partial charge in [-0.3, -0.25) is 0 Å². The Bertz CT molecular complexity index is 571. The SMILES string of the molecule is Cc1nc(N(C)Cc2cccc(Cl)c2)ncc1CN. The lowest BCUT2D eigenvalue weighted by Crippen LogP contribution is -2.20. The van der Waals surface area contributed by atoms with E-state index in [4.69, 9.17) is 17.3 Å². The second-order valence-electron chi connectivity index (χ2n) is 4.47. The molecule has 0 aliphatic carbocycles. The Hall–Kier alpha value is -1.65. The fourth-order valence-electron chi connectivity index (χ4n) is 1.84. The molecule has 100 valence electrons. The number of nitrogens with zero attached hydrogens (tertiary/aromatic N) is 3. The maximum atomic E-state index is 5.98. The molecular formula is C14H17ClN4. The van der Waals surface area contributed by atoms with E-state index in [-0.39, 0.29) is 0 Å². The molecule has 2 aromatic rings. The van der Waals surface area contributed by atoms with E-state index in [0.717, 1.165) is 21.8 Å². The molecule has 0 radical (unpaired) electrons. The number of benzene rings is 1. The molecule has 1 heterocycles. The largest absolute Gasteiger partial charge is 0.340 e. The molecule has 0 atom stereocenters. The van der Waals surface area contributed by atoms with Gasteiger partial charge in [-0.25, -0.2) is 9.97 Å². The smallest absolute Gasteiger partial charge is 0.225 e. The Morgan fingerprint density at radius 3 is 2.79 bits per heavy atom. The van der Waals surface area contributed by atoms with Crippen LogP contribution >= 0.6 is 11.6 Å². The number of halogens is 1. The van der Waals surface area contributed by atoms with Crippen molar-refractivity contribution in [2.24, 2.45) is 5.73 Å². The topological polar surface area (TPSA) is 55.0 Å². The molecule has 4 nitrogen and oxygen atoms in total. The Balaban J connectivity index is 2.15. The summed E-state index contributed by atoms with van der Waals surface area (Å²) in [5.41, 5.74) is 8.63. The summed E-state index contributed by atoms with van der Waals surface area (Å²) in [4.78, 5) is 10.8. The highest BCUT2D eigenvalue weighted by Crippen LogP contribution is 2.15. The minimum Gasteiger partial charge on any atom is -0.340 e. The molecule has 0 fully saturated rings. The molecule has 1 aromatic heterocycles. The Morgan fingerprint density at radius 1 is 1.37 bits per heavy atom. The summed E-state index contributed by atoms with van der Waals surface area (Å²) < 4.78 is 0. The summed E-state index contributed by atoms with van der Waals surface area (Å²) in [6.07, 6.45) is 1.78. The van der Waals surface area contributed by atoms with E-state index in [1.54, 1.807) is 6.20 Å². The number of anilines is 1. The van der Waals surface area contributed by atoms with E-state index in [1.165, 1.54) is 0 Å². The summed E-state index contributed by atoms with van der Waals surface area (Å²) in [6, 6.07) is 7.78. The normalized spacial score (nSPS) is 10.5. The van der Waals surface area contributed by atoms with Gasteiger partial charge in [0, 0.05) is 42.6 Å². The van der Waals surface area contributed by atoms with Crippen molar-refractivity contribution in [3.63, 3.8) is 0 Å². The van der Waals surface area contributed by atoms with Crippen LogP contribution in [0.25, 0.3) is 0 Å². The first-order valence-corrected chi connectivity index (χ1v) is 6.46. The van der Waals surface area contributed by atoms with Crippen LogP contribution < -0.4 is 10.6 Å². The zero-order valence-electron chi connectivity index (χ0n) is 11.1. The van der Waals surface area contributed by atoms with Crippen LogP contribution in [0.15, 0.2) is 30.5 Å². The maximum Gasteiger partial charge on any atom is 0.225 e. The van der Waals surface area contributed by atoms with E-state index >= 15 is 0 Å². The van der Waals surface area contributed by atoms with Gasteiger partial charge in [-0.05, 0) is 24.6 Å². The second kappa shape index (κ2) is 5.99. The maximum absolute atomic E-state index is 5.98. The molecule has 19 heavy (non-hydrogen) atoms. The van der Waals surface area contributed by atoms with Gasteiger partial charge >= 0.3 is 0 Å². The first-order chi connectivity index (χ1) is 9.10. The van der Waals surface area contributed by atoms with Crippen molar-refractivity contribution in [3.05, 3.63) is 52.3 Å². The monoisotopic (exact) mass is 276 g/mol. The minimum atomic E-state index is 0.462. The van der Waals surface area contributed by atoms with Crippen molar-refractivity contribution in [1.29, 1.82) is 0 Å². The lowest BCUT2D eigenvalue weighted by atomic mass is 10.2. The van der Waals surface area contributed by atoms with Crippen molar-refractivity contribution in [1.82, 2.24) is 9.97 Å². The predicted molar refractivity (Wildman–Crippen MR) is 78.2 cm³/mol. The lowest BCUT2D eigenvalue weighted by Gasteiger charge is -2.18. The standard InChI is InChI=1S/C14H17ClN4/c1-10-12(7-16)8-17-14(18-10)19(2)9-11-4-3-5-13(15)6-11/h3-6,8H,7,9,16H2,1-2H3. The highest BCUT2D eigenvalue weighted by atomic mass is 35.5. The molecule has 0 saturated carbocycles. The van der Waals surface area contributed by atoms with E-state index in [1.807, 2.05) is 43.1 Å². The van der Waals surface area contributed by atoms with Gasteiger partial charge < -0.3 is 10.6 Å². The van der Waals surface area contributed by atoms with Gasteiger partial charge in [0.05, 0.1) is 0 Å². The summed E-state index contributed by atoms with van der Waals surface area (Å²) in [7, 11) is 1.96. The number of hydrogen-bond acceptors (Lipinski definition) is 4. The third kappa shape index (κ3) is 3.43. The molecule has 0 bridgehead atoms. The average molecular weight is 277 g/mol. The minimum absolute atomic E-state index is 0.462. The predicted octanol–water partition coefficient (Wildman–Crippen LogP) is 2.53. The molecule has 0 saturated heterocycles. The fourth-order valence-corrected chi connectivity index (χ4v) is 2.06. The van der Waals surface area contributed by atoms with Crippen LogP contribution in [0.4, 0.5) is 5.95 Å². The summed E-state index contributed by atoms with van der Waals surface area (Å²) in [5.74, 6) is 0.690. The Morgan fingerprint density at radius 2 is 2.16 bits per heavy atom. The summed E-state index contributed by atoms with van der Waals surface area (Å²) in [6.45, 7) is 3.12. The molecule has 0 aliphatic heterocycles. The van der Waals surface area contributed by atoms with Crippen molar-refractivity contribution >= 4 is 17.5 Å². The Kier molecular flexibility index (Phi) is 4.35. The van der Waals surface area contributed by atoms with Gasteiger partial charge in [0.2, 0.25) is 5.95 Å². The quantitative estimate of drug-likeness (QED) is 0.932. The highest BCUT2D eigenvalue weighted by molar-refractivity contribution is 6.30. The molecule has 0 spiro atoms. The third-order valence-corrected chi connectivity index (χ3v) is 3.17. The van der Waals surface area contributed by atoms with Crippen molar-refractivity contribution in [2.45, 2.75) is 20.0 Å². The van der Waals surface area contributed by atoms with Gasteiger partial charge in [-0.1, -0.05) is 23.7 Å². The van der Waals surface area contributed by atoms with Crippen LogP contribution in [0.3, 0.4) is 0 Å². The van der Waals surface area contributed by atoms with Gasteiger partial charge in [-0.2, -0.15) is 0 Å². The average Bonchev–Trinajstić information content (AvgIpc) is 2.38. The number of aryl methyl sites for hydroxylation is 1. The zero-order chi connectivity index (χ0) is 13.8. The Labute approximate surface area is 118 Å². The third-order valence-electron chi connectivity index (χ3n) is 2.94. The molecule has 2 N–H and O–H groups in total. The number of nitrogens with two attached hydrogens (primary N) is 1. The van der Waals surface area contributed by atoms with Crippen molar-refractivity contribution in [3.8, 4) is 0 Å². The first kappa shape index (κ1) is 13.8. The van der Waals surface area contributed by atoms with Crippen LogP contribution in [0.1, 0.15) is 16.8 Å². The number of rotatable bonds is 4. The highest BCUT2D eigenvalue weighted by Gasteiger charge is 2.07. The van der Waals surface area contributed by atoms with E-state index in [9.17, 15) is 0 Å². The fraction of sp³-hybridized carbons (Fsp3) is 0.286.